The van der Waals surface area contributed by atoms with Crippen molar-refractivity contribution in [2.24, 2.45) is 11.8 Å². The smallest absolute Gasteiger partial charge is 0.139 e. The third kappa shape index (κ3) is 6.00. The number of aryl methyl sites for hydroxylation is 1. The van der Waals surface area contributed by atoms with Crippen LogP contribution in [-0.2, 0) is 6.42 Å². The predicted molar refractivity (Wildman–Crippen MR) is 101 cm³/mol. The number of halogens is 1. The molecule has 1 aromatic rings. The molecule has 1 heteroatoms. The van der Waals surface area contributed by atoms with Gasteiger partial charge in [0.1, 0.15) is 5.82 Å². The van der Waals surface area contributed by atoms with Gasteiger partial charge in [-0.25, -0.2) is 4.39 Å². The molecule has 0 N–H and O–H groups in total. The van der Waals surface area contributed by atoms with Crippen LogP contribution in [-0.4, -0.2) is 0 Å². The minimum Gasteiger partial charge on any atom is -0.206 e. The molecule has 1 aromatic carbocycles. The maximum absolute atomic E-state index is 14.1. The molecule has 0 bridgehead atoms. The van der Waals surface area contributed by atoms with E-state index in [0.717, 1.165) is 18.4 Å². The van der Waals surface area contributed by atoms with Crippen LogP contribution in [0.5, 0.6) is 0 Å². The van der Waals surface area contributed by atoms with Crippen LogP contribution in [0.3, 0.4) is 0 Å². The third-order valence-corrected chi connectivity index (χ3v) is 4.91. The number of unbranched alkanes of at least 4 members (excludes halogenated alkanes) is 2. The van der Waals surface area contributed by atoms with Crippen molar-refractivity contribution >= 4 is 0 Å². The molecule has 0 nitrogen and oxygen atoms in total. The average molecular weight is 324 g/mol. The van der Waals surface area contributed by atoms with Gasteiger partial charge in [0.15, 0.2) is 0 Å². The highest BCUT2D eigenvalue weighted by molar-refractivity contribution is 5.39. The lowest BCUT2D eigenvalue weighted by molar-refractivity contribution is 0.357. The number of hydrogen-bond acceptors (Lipinski definition) is 0. The molecular weight excluding hydrogens is 295 g/mol. The van der Waals surface area contributed by atoms with E-state index in [9.17, 15) is 4.39 Å². The molecule has 0 radical (unpaired) electrons. The Morgan fingerprint density at radius 2 is 1.92 bits per heavy atom. The molecule has 0 unspecified atom stereocenters. The van der Waals surface area contributed by atoms with Crippen molar-refractivity contribution in [3.05, 3.63) is 60.0 Å². The minimum absolute atomic E-state index is 0.198. The summed E-state index contributed by atoms with van der Waals surface area (Å²) in [5.74, 6) is 7.04. The molecule has 0 atom stereocenters. The van der Waals surface area contributed by atoms with Gasteiger partial charge in [-0.1, -0.05) is 49.8 Å². The molecule has 0 aliphatic heterocycles. The van der Waals surface area contributed by atoms with E-state index >= 15 is 0 Å². The van der Waals surface area contributed by atoms with Crippen LogP contribution >= 0.6 is 0 Å². The summed E-state index contributed by atoms with van der Waals surface area (Å²) in [6.07, 6.45) is 15.5. The second kappa shape index (κ2) is 10.1. The molecule has 2 rings (SSSR count). The lowest BCUT2D eigenvalue weighted by atomic mass is 9.82. The first kappa shape index (κ1) is 18.5. The fourth-order valence-corrected chi connectivity index (χ4v) is 3.27. The third-order valence-electron chi connectivity index (χ3n) is 4.91. The van der Waals surface area contributed by atoms with E-state index in [-0.39, 0.29) is 5.82 Å². The molecular formula is C23H29F. The van der Waals surface area contributed by atoms with Gasteiger partial charge in [-0.3, -0.25) is 0 Å². The molecule has 0 aromatic heterocycles. The summed E-state index contributed by atoms with van der Waals surface area (Å²) in [4.78, 5) is 0. The van der Waals surface area contributed by atoms with Gasteiger partial charge in [-0.15, -0.1) is 6.58 Å². The van der Waals surface area contributed by atoms with Crippen molar-refractivity contribution in [2.75, 3.05) is 0 Å². The summed E-state index contributed by atoms with van der Waals surface area (Å²) in [5, 5.41) is 0. The Morgan fingerprint density at radius 3 is 2.58 bits per heavy atom. The van der Waals surface area contributed by atoms with Gasteiger partial charge in [0, 0.05) is 0 Å². The quantitative estimate of drug-likeness (QED) is 0.320. The van der Waals surface area contributed by atoms with Gasteiger partial charge in [0.05, 0.1) is 5.56 Å². The van der Waals surface area contributed by atoms with E-state index in [1.165, 1.54) is 38.5 Å². The largest absolute Gasteiger partial charge is 0.206 e. The van der Waals surface area contributed by atoms with E-state index < -0.39 is 0 Å². The topological polar surface area (TPSA) is 0 Å². The summed E-state index contributed by atoms with van der Waals surface area (Å²) < 4.78 is 14.1. The van der Waals surface area contributed by atoms with Crippen molar-refractivity contribution in [3.8, 4) is 11.8 Å². The number of rotatable bonds is 6. The summed E-state index contributed by atoms with van der Waals surface area (Å²) in [7, 11) is 0. The fourth-order valence-electron chi connectivity index (χ4n) is 3.27. The number of benzene rings is 1. The zero-order valence-electron chi connectivity index (χ0n) is 14.9. The van der Waals surface area contributed by atoms with Gasteiger partial charge in [-0.05, 0) is 74.1 Å². The molecule has 128 valence electrons. The Labute approximate surface area is 146 Å². The van der Waals surface area contributed by atoms with Crippen molar-refractivity contribution in [1.29, 1.82) is 0 Å². The normalized spacial score (nSPS) is 20.6. The monoisotopic (exact) mass is 324 g/mol. The van der Waals surface area contributed by atoms with E-state index in [1.54, 1.807) is 6.07 Å². The zero-order chi connectivity index (χ0) is 17.2. The Bertz CT molecular complexity index is 607. The van der Waals surface area contributed by atoms with Crippen LogP contribution in [0.15, 0.2) is 43.0 Å². The summed E-state index contributed by atoms with van der Waals surface area (Å²) in [6.45, 7) is 6.06. The maximum atomic E-state index is 14.1. The van der Waals surface area contributed by atoms with E-state index in [4.69, 9.17) is 0 Å². The van der Waals surface area contributed by atoms with Crippen LogP contribution in [0.4, 0.5) is 4.39 Å². The average Bonchev–Trinajstić information content (AvgIpc) is 2.61. The number of allylic oxidation sites excluding steroid dienone is 3. The molecule has 0 saturated heterocycles. The molecule has 1 fully saturated rings. The summed E-state index contributed by atoms with van der Waals surface area (Å²) >= 11 is 0. The Hall–Kier alpha value is -1.81. The van der Waals surface area contributed by atoms with Crippen LogP contribution in [0.2, 0.25) is 0 Å². The van der Waals surface area contributed by atoms with Crippen molar-refractivity contribution in [2.45, 2.75) is 58.3 Å². The van der Waals surface area contributed by atoms with Crippen LogP contribution in [0.25, 0.3) is 0 Å². The van der Waals surface area contributed by atoms with Crippen LogP contribution in [0.1, 0.15) is 63.0 Å². The second-order valence-corrected chi connectivity index (χ2v) is 6.81. The van der Waals surface area contributed by atoms with Crippen molar-refractivity contribution in [1.82, 2.24) is 0 Å². The highest BCUT2D eigenvalue weighted by Crippen LogP contribution is 2.29. The second-order valence-electron chi connectivity index (χ2n) is 6.81. The van der Waals surface area contributed by atoms with Gasteiger partial charge < -0.3 is 0 Å². The summed E-state index contributed by atoms with van der Waals surface area (Å²) in [5.41, 5.74) is 1.57. The Kier molecular flexibility index (Phi) is 7.83. The fraction of sp³-hybridized carbons (Fsp3) is 0.478. The zero-order valence-corrected chi connectivity index (χ0v) is 14.9. The van der Waals surface area contributed by atoms with Crippen molar-refractivity contribution < 1.29 is 4.39 Å². The predicted octanol–water partition coefficient (Wildman–Crippen LogP) is 6.46. The van der Waals surface area contributed by atoms with E-state index in [1.807, 2.05) is 18.2 Å². The molecule has 1 saturated carbocycles. The first-order valence-corrected chi connectivity index (χ1v) is 9.32. The van der Waals surface area contributed by atoms with E-state index in [0.29, 0.717) is 17.4 Å². The van der Waals surface area contributed by atoms with Crippen LogP contribution in [0, 0.1) is 29.5 Å². The molecule has 24 heavy (non-hydrogen) atoms. The SMILES string of the molecule is C=C[C@H]1CC[C@H](C=CC#Cc2ccc(CCCCC)cc2F)CC1. The number of hydrogen-bond donors (Lipinski definition) is 0. The summed E-state index contributed by atoms with van der Waals surface area (Å²) in [6, 6.07) is 5.45. The highest BCUT2D eigenvalue weighted by atomic mass is 19.1. The van der Waals surface area contributed by atoms with Crippen LogP contribution < -0.4 is 0 Å². The molecule has 0 heterocycles. The Morgan fingerprint density at radius 1 is 1.17 bits per heavy atom. The van der Waals surface area contributed by atoms with Gasteiger partial charge in [-0.2, -0.15) is 0 Å². The minimum atomic E-state index is -0.198. The van der Waals surface area contributed by atoms with Gasteiger partial charge in [0.2, 0.25) is 0 Å². The van der Waals surface area contributed by atoms with Gasteiger partial charge >= 0.3 is 0 Å². The molecule has 0 amide bonds. The maximum Gasteiger partial charge on any atom is 0.139 e. The first-order chi connectivity index (χ1) is 11.7. The van der Waals surface area contributed by atoms with Crippen molar-refractivity contribution in [3.63, 3.8) is 0 Å². The first-order valence-electron chi connectivity index (χ1n) is 9.32. The molecule has 1 aliphatic rings. The lowest BCUT2D eigenvalue weighted by Gasteiger charge is -2.23. The standard InChI is InChI=1S/C23H29F/c1-3-5-6-10-21-16-17-22(23(24)18-21)11-8-7-9-20-14-12-19(4-2)13-15-20/h4,7,9,16-20H,2-3,5-6,10,12-15H2,1H3/t19-,20-. The molecule has 1 aliphatic carbocycles. The highest BCUT2D eigenvalue weighted by Gasteiger charge is 2.16. The lowest BCUT2D eigenvalue weighted by Crippen LogP contribution is -2.10. The Balaban J connectivity index is 1.86. The van der Waals surface area contributed by atoms with E-state index in [2.05, 4.69) is 37.5 Å². The molecule has 0 spiro atoms. The van der Waals surface area contributed by atoms with Gasteiger partial charge in [0.25, 0.3) is 0 Å².